The van der Waals surface area contributed by atoms with E-state index in [0.29, 0.717) is 11.3 Å². The number of ether oxygens (including phenoxy) is 2. The van der Waals surface area contributed by atoms with E-state index in [-0.39, 0.29) is 23.8 Å². The zero-order chi connectivity index (χ0) is 17.0. The molecule has 0 saturated heterocycles. The lowest BCUT2D eigenvalue weighted by Gasteiger charge is -2.10. The predicted molar refractivity (Wildman–Crippen MR) is 85.4 cm³/mol. The van der Waals surface area contributed by atoms with E-state index in [1.54, 1.807) is 12.1 Å². The van der Waals surface area contributed by atoms with Gasteiger partial charge in [0.25, 0.3) is 5.69 Å². The fourth-order valence-corrected chi connectivity index (χ4v) is 2.03. The third-order valence-electron chi connectivity index (χ3n) is 3.55. The van der Waals surface area contributed by atoms with Gasteiger partial charge in [-0.3, -0.25) is 14.9 Å². The number of hydrogen-bond acceptors (Lipinski definition) is 5. The van der Waals surface area contributed by atoms with Crippen molar-refractivity contribution in [3.8, 4) is 11.5 Å². The summed E-state index contributed by atoms with van der Waals surface area (Å²) in [6, 6.07) is 9.40. The van der Waals surface area contributed by atoms with Crippen molar-refractivity contribution in [3.05, 3.63) is 63.2 Å². The summed E-state index contributed by atoms with van der Waals surface area (Å²) >= 11 is 0. The molecule has 120 valence electrons. The van der Waals surface area contributed by atoms with E-state index in [9.17, 15) is 14.9 Å². The van der Waals surface area contributed by atoms with Crippen LogP contribution < -0.4 is 9.47 Å². The van der Waals surface area contributed by atoms with Gasteiger partial charge in [0.05, 0.1) is 18.1 Å². The fourth-order valence-electron chi connectivity index (χ4n) is 2.03. The summed E-state index contributed by atoms with van der Waals surface area (Å²) in [6.07, 6.45) is 0. The Balaban J connectivity index is 2.16. The summed E-state index contributed by atoms with van der Waals surface area (Å²) in [5, 5.41) is 10.8. The SMILES string of the molecule is COc1ccc([N+](=O)[O-])cc1OCC(=O)c1ccc(C)c(C)c1. The third kappa shape index (κ3) is 3.85. The first-order chi connectivity index (χ1) is 10.9. The first-order valence-corrected chi connectivity index (χ1v) is 6.98. The number of rotatable bonds is 6. The van der Waals surface area contributed by atoms with Crippen LogP contribution in [0, 0.1) is 24.0 Å². The molecule has 0 spiro atoms. The zero-order valence-electron chi connectivity index (χ0n) is 13.2. The zero-order valence-corrected chi connectivity index (χ0v) is 13.2. The maximum absolute atomic E-state index is 12.2. The molecule has 0 aliphatic rings. The number of benzene rings is 2. The monoisotopic (exact) mass is 315 g/mol. The number of nitrogens with zero attached hydrogens (tertiary/aromatic N) is 1. The van der Waals surface area contributed by atoms with Crippen LogP contribution in [0.4, 0.5) is 5.69 Å². The standard InChI is InChI=1S/C17H17NO5/c1-11-4-5-13(8-12(11)2)15(19)10-23-17-9-14(18(20)21)6-7-16(17)22-3/h4-9H,10H2,1-3H3. The Kier molecular flexibility index (Phi) is 4.95. The summed E-state index contributed by atoms with van der Waals surface area (Å²) < 4.78 is 10.5. The highest BCUT2D eigenvalue weighted by atomic mass is 16.6. The van der Waals surface area contributed by atoms with Crippen molar-refractivity contribution in [2.45, 2.75) is 13.8 Å². The number of nitro groups is 1. The van der Waals surface area contributed by atoms with Crippen LogP contribution in [0.25, 0.3) is 0 Å². The van der Waals surface area contributed by atoms with Gasteiger partial charge >= 0.3 is 0 Å². The molecule has 0 amide bonds. The van der Waals surface area contributed by atoms with E-state index in [1.807, 2.05) is 19.9 Å². The molecule has 6 nitrogen and oxygen atoms in total. The molecule has 2 aromatic rings. The molecule has 23 heavy (non-hydrogen) atoms. The topological polar surface area (TPSA) is 78.7 Å². The number of nitro benzene ring substituents is 1. The smallest absolute Gasteiger partial charge is 0.273 e. The van der Waals surface area contributed by atoms with Gasteiger partial charge in [0.1, 0.15) is 0 Å². The number of non-ortho nitro benzene ring substituents is 1. The molecule has 0 heterocycles. The number of carbonyl (C=O) groups excluding carboxylic acids is 1. The van der Waals surface area contributed by atoms with Crippen LogP contribution in [0.2, 0.25) is 0 Å². The second kappa shape index (κ2) is 6.91. The molecule has 0 atom stereocenters. The van der Waals surface area contributed by atoms with Crippen molar-refractivity contribution in [2.24, 2.45) is 0 Å². The van der Waals surface area contributed by atoms with Gasteiger partial charge in [0.2, 0.25) is 0 Å². The maximum Gasteiger partial charge on any atom is 0.273 e. The van der Waals surface area contributed by atoms with Gasteiger partial charge in [0, 0.05) is 11.6 Å². The van der Waals surface area contributed by atoms with Crippen molar-refractivity contribution < 1.29 is 19.2 Å². The molecule has 0 saturated carbocycles. The highest BCUT2D eigenvalue weighted by Crippen LogP contribution is 2.31. The van der Waals surface area contributed by atoms with Crippen LogP contribution in [0.5, 0.6) is 11.5 Å². The second-order valence-corrected chi connectivity index (χ2v) is 5.10. The van der Waals surface area contributed by atoms with Crippen molar-refractivity contribution in [3.63, 3.8) is 0 Å². The highest BCUT2D eigenvalue weighted by molar-refractivity contribution is 5.97. The minimum absolute atomic E-state index is 0.126. The van der Waals surface area contributed by atoms with Crippen LogP contribution in [0.15, 0.2) is 36.4 Å². The largest absolute Gasteiger partial charge is 0.493 e. The maximum atomic E-state index is 12.2. The van der Waals surface area contributed by atoms with Crippen LogP contribution in [-0.4, -0.2) is 24.4 Å². The van der Waals surface area contributed by atoms with Gasteiger partial charge < -0.3 is 9.47 Å². The first-order valence-electron chi connectivity index (χ1n) is 6.98. The van der Waals surface area contributed by atoms with Gasteiger partial charge in [-0.2, -0.15) is 0 Å². The van der Waals surface area contributed by atoms with Crippen molar-refractivity contribution in [1.29, 1.82) is 0 Å². The molecule has 6 heteroatoms. The molecule has 0 aromatic heterocycles. The lowest BCUT2D eigenvalue weighted by atomic mass is 10.0. The van der Waals surface area contributed by atoms with Crippen molar-refractivity contribution >= 4 is 11.5 Å². The van der Waals surface area contributed by atoms with E-state index >= 15 is 0 Å². The Morgan fingerprint density at radius 2 is 1.83 bits per heavy atom. The normalized spacial score (nSPS) is 10.2. The molecular weight excluding hydrogens is 298 g/mol. The second-order valence-electron chi connectivity index (χ2n) is 5.10. The van der Waals surface area contributed by atoms with Gasteiger partial charge in [0.15, 0.2) is 23.9 Å². The van der Waals surface area contributed by atoms with E-state index in [1.165, 1.54) is 25.3 Å². The number of Topliss-reactive ketones (excluding diaryl/α,β-unsaturated/α-hetero) is 1. The fraction of sp³-hybridized carbons (Fsp3) is 0.235. The van der Waals surface area contributed by atoms with Crippen LogP contribution in [-0.2, 0) is 0 Å². The van der Waals surface area contributed by atoms with E-state index in [0.717, 1.165) is 11.1 Å². The average Bonchev–Trinajstić information content (AvgIpc) is 2.54. The van der Waals surface area contributed by atoms with Gasteiger partial charge in [-0.15, -0.1) is 0 Å². The predicted octanol–water partition coefficient (Wildman–Crippen LogP) is 3.48. The summed E-state index contributed by atoms with van der Waals surface area (Å²) in [4.78, 5) is 22.5. The highest BCUT2D eigenvalue weighted by Gasteiger charge is 2.14. The number of hydrogen-bond donors (Lipinski definition) is 0. The van der Waals surface area contributed by atoms with Gasteiger partial charge in [-0.1, -0.05) is 12.1 Å². The number of methoxy groups -OCH3 is 1. The molecule has 0 bridgehead atoms. The van der Waals surface area contributed by atoms with Crippen LogP contribution in [0.1, 0.15) is 21.5 Å². The van der Waals surface area contributed by atoms with E-state index in [4.69, 9.17) is 9.47 Å². The molecular formula is C17H17NO5. The molecule has 0 radical (unpaired) electrons. The lowest BCUT2D eigenvalue weighted by Crippen LogP contribution is -2.12. The third-order valence-corrected chi connectivity index (χ3v) is 3.55. The molecule has 0 aliphatic heterocycles. The van der Waals surface area contributed by atoms with Crippen LogP contribution in [0.3, 0.4) is 0 Å². The van der Waals surface area contributed by atoms with E-state index < -0.39 is 4.92 Å². The van der Waals surface area contributed by atoms with Crippen molar-refractivity contribution in [1.82, 2.24) is 0 Å². The minimum atomic E-state index is -0.530. The summed E-state index contributed by atoms with van der Waals surface area (Å²) in [5.74, 6) is 0.295. The Morgan fingerprint density at radius 1 is 1.09 bits per heavy atom. The Bertz CT molecular complexity index is 755. The number of ketones is 1. The first kappa shape index (κ1) is 16.5. The average molecular weight is 315 g/mol. The summed E-state index contributed by atoms with van der Waals surface area (Å²) in [6.45, 7) is 3.67. The minimum Gasteiger partial charge on any atom is -0.493 e. The Hall–Kier alpha value is -2.89. The molecule has 2 rings (SSSR count). The number of aryl methyl sites for hydroxylation is 2. The molecule has 0 unspecified atom stereocenters. The van der Waals surface area contributed by atoms with E-state index in [2.05, 4.69) is 0 Å². The molecule has 2 aromatic carbocycles. The van der Waals surface area contributed by atoms with Crippen molar-refractivity contribution in [2.75, 3.05) is 13.7 Å². The quantitative estimate of drug-likeness (QED) is 0.463. The molecule has 0 N–H and O–H groups in total. The molecule has 0 fully saturated rings. The van der Waals surface area contributed by atoms with Gasteiger partial charge in [-0.25, -0.2) is 0 Å². The van der Waals surface area contributed by atoms with Crippen LogP contribution >= 0.6 is 0 Å². The van der Waals surface area contributed by atoms with Gasteiger partial charge in [-0.05, 0) is 37.1 Å². The number of carbonyl (C=O) groups is 1. The molecule has 0 aliphatic carbocycles. The lowest BCUT2D eigenvalue weighted by molar-refractivity contribution is -0.385. The summed E-state index contributed by atoms with van der Waals surface area (Å²) in [5.41, 5.74) is 2.53. The Morgan fingerprint density at radius 3 is 2.43 bits per heavy atom. The summed E-state index contributed by atoms with van der Waals surface area (Å²) in [7, 11) is 1.43. The Labute approximate surface area is 133 Å².